The number of benzene rings is 4. The first-order valence-electron chi connectivity index (χ1n) is 16.3. The summed E-state index contributed by atoms with van der Waals surface area (Å²) in [7, 11) is 0. The standard InChI is InChI=1S/C19H14F3N3O3.C12H10BrF3N2O2.C7H5NO.CH2O3.CH4.2K.H/c1-18(27,11-28-14-6-3-12(10-23)4-7-14)17(26)25-13-5-8-16(24-2)15(9-13)19(20,21)22;1-11(20,6-13)10(19)18-7-3-4-9(17-2)8(5-7)12(14,15)16;8-5-6-1-3-7(9)4-2-6;2-1-4-3;;;;/h3-9,27H,11H2,1H3,(H,25,26);3-5,20H,6H2,1H3,(H,18,19);1-4,9H;1,3H;1H4;;;/q;;;;;2*+1;-1/p-1/t18-;11-;;;;;;/m00....../s1. The molecule has 0 fully saturated rings. The van der Waals surface area contributed by atoms with Gasteiger partial charge in [-0.25, -0.2) is 9.69 Å². The van der Waals surface area contributed by atoms with Crippen molar-refractivity contribution < 1.29 is 175 Å². The second-order valence-corrected chi connectivity index (χ2v) is 12.6. The Balaban J connectivity index is -0.000000439. The smallest absolute Gasteiger partial charge is 1.00 e. The molecular weight excluding hydrogens is 981 g/mol. The topological polar surface area (TPSA) is 234 Å². The number of nitriles is 2. The molecular formula is C40H35BrF6K2N6O9. The van der Waals surface area contributed by atoms with Gasteiger partial charge in [-0.1, -0.05) is 35.5 Å². The Kier molecular flexibility index (Phi) is 30.5. The van der Waals surface area contributed by atoms with Gasteiger partial charge in [0.2, 0.25) is 0 Å². The average molecular weight is 1020 g/mol. The number of carbonyl (C=O) groups excluding carboxylic acids is 3. The van der Waals surface area contributed by atoms with E-state index in [-0.39, 0.29) is 141 Å². The van der Waals surface area contributed by atoms with Crippen LogP contribution in [0, 0.1) is 35.8 Å². The first kappa shape index (κ1) is 64.3. The Morgan fingerprint density at radius 3 is 1.45 bits per heavy atom. The summed E-state index contributed by atoms with van der Waals surface area (Å²) in [5, 5.41) is 58.4. The Hall–Kier alpha value is -3.94. The molecule has 4 aromatic carbocycles. The van der Waals surface area contributed by atoms with Crippen LogP contribution in [0.2, 0.25) is 0 Å². The molecule has 0 radical (unpaired) electrons. The molecule has 4 rings (SSSR count). The molecule has 0 unspecified atom stereocenters. The van der Waals surface area contributed by atoms with Crippen LogP contribution in [0.5, 0.6) is 11.5 Å². The van der Waals surface area contributed by atoms with Crippen LogP contribution in [0.3, 0.4) is 0 Å². The van der Waals surface area contributed by atoms with Gasteiger partial charge in [-0.2, -0.15) is 36.9 Å². The van der Waals surface area contributed by atoms with E-state index >= 15 is 0 Å². The summed E-state index contributed by atoms with van der Waals surface area (Å²) in [6.45, 7) is 15.2. The van der Waals surface area contributed by atoms with E-state index in [1.807, 2.05) is 12.1 Å². The van der Waals surface area contributed by atoms with Crippen molar-refractivity contribution in [3.63, 3.8) is 0 Å². The van der Waals surface area contributed by atoms with E-state index in [0.29, 0.717) is 29.0 Å². The third-order valence-corrected chi connectivity index (χ3v) is 8.23. The van der Waals surface area contributed by atoms with Crippen LogP contribution in [-0.2, 0) is 31.6 Å². The van der Waals surface area contributed by atoms with Crippen molar-refractivity contribution in [1.82, 2.24) is 0 Å². The van der Waals surface area contributed by atoms with Gasteiger partial charge in [-0.05, 0) is 86.6 Å². The zero-order valence-electron chi connectivity index (χ0n) is 34.3. The molecule has 4 aromatic rings. The molecule has 0 bridgehead atoms. The molecule has 330 valence electrons. The molecule has 0 aliphatic rings. The number of anilines is 2. The van der Waals surface area contributed by atoms with Crippen LogP contribution < -0.4 is 123 Å². The minimum Gasteiger partial charge on any atom is -1.00 e. The number of phenolic OH excluding ortho intramolecular Hbond substituents is 1. The van der Waals surface area contributed by atoms with E-state index in [2.05, 4.69) is 41.1 Å². The Morgan fingerprint density at radius 2 is 1.14 bits per heavy atom. The number of ether oxygens (including phenoxy) is 1. The van der Waals surface area contributed by atoms with Crippen molar-refractivity contribution in [2.45, 2.75) is 44.8 Å². The predicted octanol–water partition coefficient (Wildman–Crippen LogP) is 1.69. The third-order valence-electron chi connectivity index (χ3n) is 7.14. The summed E-state index contributed by atoms with van der Waals surface area (Å²) in [6, 6.07) is 21.4. The summed E-state index contributed by atoms with van der Waals surface area (Å²) < 4.78 is 82.5. The minimum atomic E-state index is -4.76. The number of aliphatic hydroxyl groups is 2. The quantitative estimate of drug-likeness (QED) is 0.0308. The van der Waals surface area contributed by atoms with Gasteiger partial charge in [0.1, 0.15) is 23.7 Å². The van der Waals surface area contributed by atoms with Crippen molar-refractivity contribution >= 4 is 57.0 Å². The van der Waals surface area contributed by atoms with Crippen molar-refractivity contribution in [2.24, 2.45) is 0 Å². The third kappa shape index (κ3) is 22.3. The molecule has 2 amide bonds. The van der Waals surface area contributed by atoms with Crippen LogP contribution >= 0.6 is 15.9 Å². The first-order valence-corrected chi connectivity index (χ1v) is 17.4. The number of nitrogens with zero attached hydrogens (tertiary/aromatic N) is 4. The molecule has 0 aliphatic heterocycles. The van der Waals surface area contributed by atoms with Gasteiger partial charge in [-0.15, -0.1) is 0 Å². The van der Waals surface area contributed by atoms with Crippen LogP contribution in [0.15, 0.2) is 84.9 Å². The fourth-order valence-electron chi connectivity index (χ4n) is 3.92. The number of alkyl halides is 7. The first-order chi connectivity index (χ1) is 28.4. The van der Waals surface area contributed by atoms with E-state index in [1.54, 1.807) is 12.1 Å². The molecule has 0 spiro atoms. The number of aromatic hydroxyl groups is 1. The van der Waals surface area contributed by atoms with Crippen LogP contribution in [0.1, 0.15) is 45.0 Å². The predicted molar refractivity (Wildman–Crippen MR) is 212 cm³/mol. The van der Waals surface area contributed by atoms with Crippen molar-refractivity contribution in [3.8, 4) is 23.6 Å². The molecule has 2 atom stereocenters. The van der Waals surface area contributed by atoms with E-state index < -0.39 is 64.5 Å². The van der Waals surface area contributed by atoms with E-state index in [4.69, 9.17) is 43.6 Å². The Bertz CT molecular complexity index is 2320. The molecule has 24 heteroatoms. The minimum absolute atomic E-state index is 0. The zero-order chi connectivity index (χ0) is 46.6. The fourth-order valence-corrected chi connectivity index (χ4v) is 4.17. The fraction of sp³-hybridized carbons (Fsp3) is 0.225. The number of carbonyl (C=O) groups is 3. The summed E-state index contributed by atoms with van der Waals surface area (Å²) in [5.74, 6) is -1.34. The van der Waals surface area contributed by atoms with Gasteiger partial charge in [-0.3, -0.25) is 14.4 Å². The van der Waals surface area contributed by atoms with Gasteiger partial charge in [0.15, 0.2) is 17.0 Å². The molecule has 15 nitrogen and oxygen atoms in total. The van der Waals surface area contributed by atoms with Crippen LogP contribution in [0.25, 0.3) is 9.69 Å². The van der Waals surface area contributed by atoms with Crippen molar-refractivity contribution in [2.75, 3.05) is 22.6 Å². The summed E-state index contributed by atoms with van der Waals surface area (Å²) in [4.78, 5) is 40.7. The second kappa shape index (κ2) is 30.3. The van der Waals surface area contributed by atoms with Gasteiger partial charge < -0.3 is 42.3 Å². The van der Waals surface area contributed by atoms with Crippen molar-refractivity contribution in [3.05, 3.63) is 130 Å². The van der Waals surface area contributed by atoms with Crippen LogP contribution in [-0.4, -0.2) is 56.7 Å². The number of hydrogen-bond donors (Lipinski definition) is 5. The van der Waals surface area contributed by atoms with E-state index in [1.165, 1.54) is 49.4 Å². The molecule has 64 heavy (non-hydrogen) atoms. The number of nitrogens with one attached hydrogen (secondary N) is 2. The molecule has 0 saturated carbocycles. The van der Waals surface area contributed by atoms with E-state index in [9.17, 15) is 46.1 Å². The number of phenols is 1. The SMILES string of the molecule is C.N#Cc1ccc(O)cc1.O=CO[O-].[C-]#[N+]c1ccc(NC(=O)[C@@](C)(O)CBr)cc1C(F)(F)F.[C-]#[N+]c1ccc(NC(=O)[C@@](C)(O)COc2ccc(C#N)cc2)cc1C(F)(F)F.[H-].[K+].[K+]. The number of hydrogen-bond acceptors (Lipinski definition) is 11. The monoisotopic (exact) mass is 1010 g/mol. The number of rotatable bonds is 9. The molecule has 0 saturated heterocycles. The molecule has 0 aliphatic carbocycles. The largest absolute Gasteiger partial charge is 1.00 e. The van der Waals surface area contributed by atoms with Gasteiger partial charge >= 0.3 is 115 Å². The maximum Gasteiger partial charge on any atom is 1.00 e. The summed E-state index contributed by atoms with van der Waals surface area (Å²) >= 11 is 2.92. The van der Waals surface area contributed by atoms with Gasteiger partial charge in [0.25, 0.3) is 18.3 Å². The zero-order valence-corrected chi connectivity index (χ0v) is 41.1. The summed E-state index contributed by atoms with van der Waals surface area (Å²) in [5.41, 5.74) is -6.67. The molecule has 0 aromatic heterocycles. The Labute approximate surface area is 458 Å². The molecule has 5 N–H and O–H groups in total. The summed E-state index contributed by atoms with van der Waals surface area (Å²) in [6.07, 6.45) is -9.46. The number of amides is 2. The Morgan fingerprint density at radius 1 is 0.781 bits per heavy atom. The molecule has 0 heterocycles. The van der Waals surface area contributed by atoms with Gasteiger partial charge in [0.05, 0.1) is 47.5 Å². The van der Waals surface area contributed by atoms with Crippen LogP contribution in [0.4, 0.5) is 49.1 Å². The maximum absolute atomic E-state index is 13.0. The average Bonchev–Trinajstić information content (AvgIpc) is 3.23. The normalized spacial score (nSPS) is 11.6. The van der Waals surface area contributed by atoms with Gasteiger partial charge in [0, 0.05) is 16.7 Å². The van der Waals surface area contributed by atoms with E-state index in [0.717, 1.165) is 25.1 Å². The number of halogens is 7. The second-order valence-electron chi connectivity index (χ2n) is 12.0. The van der Waals surface area contributed by atoms with Crippen molar-refractivity contribution in [1.29, 1.82) is 10.5 Å². The maximum atomic E-state index is 13.0.